The van der Waals surface area contributed by atoms with Crippen LogP contribution >= 0.6 is 0 Å². The molecule has 0 saturated heterocycles. The van der Waals surface area contributed by atoms with Gasteiger partial charge in [-0.2, -0.15) is 0 Å². The van der Waals surface area contributed by atoms with Crippen LogP contribution in [-0.4, -0.2) is 24.6 Å². The number of aliphatic hydroxyl groups is 1. The number of hydrogen-bond donors (Lipinski definition) is 2. The van der Waals surface area contributed by atoms with E-state index in [1.165, 1.54) is 24.3 Å². The van der Waals surface area contributed by atoms with E-state index in [1.807, 2.05) is 0 Å². The van der Waals surface area contributed by atoms with Crippen molar-refractivity contribution in [3.63, 3.8) is 0 Å². The molecule has 18 heavy (non-hydrogen) atoms. The van der Waals surface area contributed by atoms with Gasteiger partial charge in [-0.3, -0.25) is 0 Å². The molecule has 1 aromatic rings. The van der Waals surface area contributed by atoms with Gasteiger partial charge in [0.25, 0.3) is 0 Å². The zero-order valence-corrected chi connectivity index (χ0v) is 9.83. The average molecular weight is 263 g/mol. The fourth-order valence-corrected chi connectivity index (χ4v) is 1.42. The highest BCUT2D eigenvalue weighted by molar-refractivity contribution is 5.46. The summed E-state index contributed by atoms with van der Waals surface area (Å²) in [6.45, 7) is 0.906. The third kappa shape index (κ3) is 6.34. The van der Waals surface area contributed by atoms with Gasteiger partial charge in [0.05, 0.1) is 0 Å². The summed E-state index contributed by atoms with van der Waals surface area (Å²) in [6, 6.07) is 5.60. The minimum absolute atomic E-state index is 0.184. The predicted octanol–water partition coefficient (Wildman–Crippen LogP) is 3.16. The number of benzene rings is 1. The first-order valence-corrected chi connectivity index (χ1v) is 5.72. The molecule has 0 unspecified atom stereocenters. The van der Waals surface area contributed by atoms with Crippen molar-refractivity contribution in [1.82, 2.24) is 0 Å². The number of ether oxygens (including phenoxy) is 1. The second-order valence-electron chi connectivity index (χ2n) is 3.78. The summed E-state index contributed by atoms with van der Waals surface area (Å²) in [7, 11) is 0. The first kappa shape index (κ1) is 14.6. The van der Waals surface area contributed by atoms with Gasteiger partial charge in [0.2, 0.25) is 0 Å². The van der Waals surface area contributed by atoms with Crippen molar-refractivity contribution >= 4 is 5.69 Å². The molecule has 0 aliphatic carbocycles. The number of nitrogens with one attached hydrogen (secondary N) is 1. The van der Waals surface area contributed by atoms with E-state index in [-0.39, 0.29) is 12.4 Å². The van der Waals surface area contributed by atoms with Crippen LogP contribution in [0.5, 0.6) is 5.75 Å². The van der Waals surface area contributed by atoms with E-state index in [0.29, 0.717) is 0 Å². The fourth-order valence-electron chi connectivity index (χ4n) is 1.42. The third-order valence-electron chi connectivity index (χ3n) is 2.25. The summed E-state index contributed by atoms with van der Waals surface area (Å²) in [5.74, 6) is -0.228. The van der Waals surface area contributed by atoms with Crippen LogP contribution in [0.1, 0.15) is 19.3 Å². The number of unbranched alkanes of at least 4 members (excludes halogenated alkanes) is 2. The Balaban J connectivity index is 2.32. The quantitative estimate of drug-likeness (QED) is 0.742. The maximum absolute atomic E-state index is 11.9. The van der Waals surface area contributed by atoms with E-state index in [1.54, 1.807) is 0 Å². The van der Waals surface area contributed by atoms with Crippen LogP contribution < -0.4 is 10.1 Å². The molecule has 0 fully saturated rings. The van der Waals surface area contributed by atoms with Gasteiger partial charge in [-0.05, 0) is 43.5 Å². The third-order valence-corrected chi connectivity index (χ3v) is 2.25. The van der Waals surface area contributed by atoms with Gasteiger partial charge >= 0.3 is 6.36 Å². The standard InChI is InChI=1S/C12H16F3NO2/c13-12(14,15)18-11-6-4-10(5-7-11)16-8-2-1-3-9-17/h4-7,16-17H,1-3,8-9H2. The largest absolute Gasteiger partial charge is 0.573 e. The molecule has 0 spiro atoms. The summed E-state index contributed by atoms with van der Waals surface area (Å²) >= 11 is 0. The van der Waals surface area contributed by atoms with Gasteiger partial charge in [-0.25, -0.2) is 0 Å². The molecule has 0 amide bonds. The van der Waals surface area contributed by atoms with Gasteiger partial charge in [0, 0.05) is 18.8 Å². The molecule has 1 aromatic carbocycles. The molecular formula is C12H16F3NO2. The van der Waals surface area contributed by atoms with Crippen LogP contribution in [0.2, 0.25) is 0 Å². The summed E-state index contributed by atoms with van der Waals surface area (Å²) in [5.41, 5.74) is 0.744. The van der Waals surface area contributed by atoms with Gasteiger partial charge < -0.3 is 15.2 Å². The van der Waals surface area contributed by atoms with E-state index in [0.717, 1.165) is 31.5 Å². The van der Waals surface area contributed by atoms with Gasteiger partial charge in [0.15, 0.2) is 0 Å². The predicted molar refractivity (Wildman–Crippen MR) is 62.6 cm³/mol. The molecule has 0 aliphatic rings. The Labute approximate surface area is 104 Å². The van der Waals surface area contributed by atoms with Gasteiger partial charge in [-0.15, -0.1) is 13.2 Å². The maximum Gasteiger partial charge on any atom is 0.573 e. The highest BCUT2D eigenvalue weighted by Crippen LogP contribution is 2.23. The van der Waals surface area contributed by atoms with Crippen LogP contribution in [0.4, 0.5) is 18.9 Å². The Morgan fingerprint density at radius 2 is 1.72 bits per heavy atom. The Morgan fingerprint density at radius 1 is 1.06 bits per heavy atom. The van der Waals surface area contributed by atoms with Gasteiger partial charge in [-0.1, -0.05) is 0 Å². The summed E-state index contributed by atoms with van der Waals surface area (Å²) in [5, 5.41) is 11.7. The smallest absolute Gasteiger partial charge is 0.406 e. The normalized spacial score (nSPS) is 11.3. The molecule has 0 aliphatic heterocycles. The summed E-state index contributed by atoms with van der Waals surface area (Å²) in [4.78, 5) is 0. The van der Waals surface area contributed by atoms with Crippen molar-refractivity contribution in [2.24, 2.45) is 0 Å². The molecule has 0 radical (unpaired) electrons. The molecule has 0 aromatic heterocycles. The van der Waals surface area contributed by atoms with E-state index in [4.69, 9.17) is 5.11 Å². The molecule has 0 atom stereocenters. The second kappa shape index (κ2) is 7.10. The molecule has 1 rings (SSSR count). The lowest BCUT2D eigenvalue weighted by Crippen LogP contribution is -2.17. The Kier molecular flexibility index (Phi) is 5.77. The molecule has 0 bridgehead atoms. The zero-order valence-electron chi connectivity index (χ0n) is 9.83. The van der Waals surface area contributed by atoms with E-state index >= 15 is 0 Å². The van der Waals surface area contributed by atoms with E-state index < -0.39 is 6.36 Å². The minimum atomic E-state index is -4.65. The first-order chi connectivity index (χ1) is 8.51. The highest BCUT2D eigenvalue weighted by atomic mass is 19.4. The van der Waals surface area contributed by atoms with Crippen LogP contribution in [0.25, 0.3) is 0 Å². The molecule has 0 heterocycles. The number of halogens is 3. The Hall–Kier alpha value is -1.43. The Bertz CT molecular complexity index is 338. The van der Waals surface area contributed by atoms with E-state index in [2.05, 4.69) is 10.1 Å². The molecule has 3 nitrogen and oxygen atoms in total. The fraction of sp³-hybridized carbons (Fsp3) is 0.500. The maximum atomic E-state index is 11.9. The summed E-state index contributed by atoms with van der Waals surface area (Å²) in [6.07, 6.45) is -2.07. The monoisotopic (exact) mass is 263 g/mol. The number of rotatable bonds is 7. The van der Waals surface area contributed by atoms with Crippen LogP contribution in [0, 0.1) is 0 Å². The molecule has 0 saturated carbocycles. The van der Waals surface area contributed by atoms with Gasteiger partial charge in [0.1, 0.15) is 5.75 Å². The number of alkyl halides is 3. The van der Waals surface area contributed by atoms with Crippen molar-refractivity contribution in [1.29, 1.82) is 0 Å². The van der Waals surface area contributed by atoms with Crippen molar-refractivity contribution in [2.45, 2.75) is 25.6 Å². The minimum Gasteiger partial charge on any atom is -0.406 e. The van der Waals surface area contributed by atoms with Crippen molar-refractivity contribution in [2.75, 3.05) is 18.5 Å². The molecular weight excluding hydrogens is 247 g/mol. The van der Waals surface area contributed by atoms with Crippen LogP contribution in [0.15, 0.2) is 24.3 Å². The SMILES string of the molecule is OCCCCCNc1ccc(OC(F)(F)F)cc1. The topological polar surface area (TPSA) is 41.5 Å². The average Bonchev–Trinajstić information content (AvgIpc) is 2.29. The molecule has 2 N–H and O–H groups in total. The second-order valence-corrected chi connectivity index (χ2v) is 3.78. The van der Waals surface area contributed by atoms with Crippen molar-refractivity contribution in [3.05, 3.63) is 24.3 Å². The number of hydrogen-bond acceptors (Lipinski definition) is 3. The van der Waals surface area contributed by atoms with Crippen LogP contribution in [0.3, 0.4) is 0 Å². The molecule has 102 valence electrons. The summed E-state index contributed by atoms with van der Waals surface area (Å²) < 4.78 is 39.5. The number of aliphatic hydroxyl groups excluding tert-OH is 1. The van der Waals surface area contributed by atoms with E-state index in [9.17, 15) is 13.2 Å². The number of anilines is 1. The van der Waals surface area contributed by atoms with Crippen molar-refractivity contribution < 1.29 is 23.0 Å². The lowest BCUT2D eigenvalue weighted by Gasteiger charge is -2.10. The van der Waals surface area contributed by atoms with Crippen molar-refractivity contribution in [3.8, 4) is 5.75 Å². The lowest BCUT2D eigenvalue weighted by atomic mass is 10.2. The highest BCUT2D eigenvalue weighted by Gasteiger charge is 2.30. The first-order valence-electron chi connectivity index (χ1n) is 5.72. The lowest BCUT2D eigenvalue weighted by molar-refractivity contribution is -0.274. The zero-order chi connectivity index (χ0) is 13.4. The molecule has 6 heteroatoms. The van der Waals surface area contributed by atoms with Crippen LogP contribution in [-0.2, 0) is 0 Å². The Morgan fingerprint density at radius 3 is 2.28 bits per heavy atom.